The summed E-state index contributed by atoms with van der Waals surface area (Å²) in [6.07, 6.45) is 0.145. The van der Waals surface area contributed by atoms with E-state index in [1.807, 2.05) is 0 Å². The molecule has 0 saturated carbocycles. The molecule has 0 aliphatic carbocycles. The number of carbonyl (C=O) groups is 1. The third-order valence-electron chi connectivity index (χ3n) is 4.41. The number of aromatic nitrogens is 5. The van der Waals surface area contributed by atoms with Crippen LogP contribution < -0.4 is 16.6 Å². The van der Waals surface area contributed by atoms with Gasteiger partial charge in [0.05, 0.1) is 5.75 Å². The first-order valence-corrected chi connectivity index (χ1v) is 11.3. The summed E-state index contributed by atoms with van der Waals surface area (Å²) < 4.78 is 1.75. The molecule has 2 aromatic heterocycles. The Kier molecular flexibility index (Phi) is 6.97. The Bertz CT molecular complexity index is 1370. The van der Waals surface area contributed by atoms with Crippen LogP contribution in [0.1, 0.15) is 11.5 Å². The molecule has 3 N–H and O–H groups in total. The van der Waals surface area contributed by atoms with Crippen molar-refractivity contribution >= 4 is 46.6 Å². The molecule has 0 unspecified atom stereocenters. The highest BCUT2D eigenvalue weighted by atomic mass is 35.5. The van der Waals surface area contributed by atoms with Crippen LogP contribution in [0, 0.1) is 0 Å². The zero-order chi connectivity index (χ0) is 23.4. The fourth-order valence-corrected chi connectivity index (χ4v) is 4.03. The zero-order valence-corrected chi connectivity index (χ0v) is 19.2. The van der Waals surface area contributed by atoms with Gasteiger partial charge in [0.1, 0.15) is 5.82 Å². The lowest BCUT2D eigenvalue weighted by atomic mass is 10.2. The van der Waals surface area contributed by atoms with Crippen LogP contribution in [0.3, 0.4) is 0 Å². The van der Waals surface area contributed by atoms with Gasteiger partial charge in [0.2, 0.25) is 5.91 Å². The van der Waals surface area contributed by atoms with Gasteiger partial charge in [0.15, 0.2) is 5.16 Å². The lowest BCUT2D eigenvalue weighted by Crippen LogP contribution is -2.23. The third-order valence-corrected chi connectivity index (χ3v) is 5.84. The molecule has 4 aromatic rings. The molecule has 0 aliphatic rings. The molecular formula is C21H16Cl2N6O3S. The molecule has 0 spiro atoms. The minimum Gasteiger partial charge on any atom is -0.325 e. The van der Waals surface area contributed by atoms with E-state index in [2.05, 4.69) is 25.5 Å². The molecule has 2 aromatic carbocycles. The van der Waals surface area contributed by atoms with Gasteiger partial charge in [-0.05, 0) is 48.5 Å². The van der Waals surface area contributed by atoms with E-state index < -0.39 is 11.2 Å². The second kappa shape index (κ2) is 10.1. The number of aromatic amines is 2. The molecule has 168 valence electrons. The van der Waals surface area contributed by atoms with Crippen LogP contribution in [0.25, 0.3) is 5.69 Å². The predicted molar refractivity (Wildman–Crippen MR) is 128 cm³/mol. The van der Waals surface area contributed by atoms with Crippen molar-refractivity contribution in [2.75, 3.05) is 11.1 Å². The Morgan fingerprint density at radius 3 is 2.30 bits per heavy atom. The van der Waals surface area contributed by atoms with E-state index >= 15 is 0 Å². The van der Waals surface area contributed by atoms with E-state index in [9.17, 15) is 14.4 Å². The van der Waals surface area contributed by atoms with Crippen molar-refractivity contribution in [1.82, 2.24) is 24.7 Å². The number of benzene rings is 2. The van der Waals surface area contributed by atoms with E-state index in [0.29, 0.717) is 38.1 Å². The highest BCUT2D eigenvalue weighted by molar-refractivity contribution is 7.99. The number of nitrogens with one attached hydrogen (secondary N) is 3. The number of rotatable bonds is 7. The fraction of sp³-hybridized carbons (Fsp3) is 0.0952. The van der Waals surface area contributed by atoms with E-state index in [4.69, 9.17) is 23.2 Å². The van der Waals surface area contributed by atoms with Crippen LogP contribution in [0.15, 0.2) is 69.3 Å². The average Bonchev–Trinajstić information content (AvgIpc) is 3.16. The van der Waals surface area contributed by atoms with Gasteiger partial charge in [0.25, 0.3) is 5.56 Å². The normalized spacial score (nSPS) is 10.8. The summed E-state index contributed by atoms with van der Waals surface area (Å²) in [6, 6.07) is 15.1. The maximum Gasteiger partial charge on any atom is 0.325 e. The Labute approximate surface area is 201 Å². The second-order valence-corrected chi connectivity index (χ2v) is 8.66. The maximum atomic E-state index is 12.4. The van der Waals surface area contributed by atoms with Gasteiger partial charge in [-0.3, -0.25) is 19.1 Å². The number of H-pyrrole nitrogens is 2. The standard InChI is InChI=1S/C21H16Cl2N6O3S/c22-12-1-5-14(6-2-12)24-19(31)11-33-21-28-27-17(9-15-10-18(30)26-20(32)25-15)29(21)16-7-3-13(23)4-8-16/h1-8,10H,9,11H2,(H,24,31)(H2,25,26,30,32). The lowest BCUT2D eigenvalue weighted by Gasteiger charge is -2.11. The van der Waals surface area contributed by atoms with Gasteiger partial charge in [-0.25, -0.2) is 4.79 Å². The quantitative estimate of drug-likeness (QED) is 0.333. The molecule has 0 aliphatic heterocycles. The summed E-state index contributed by atoms with van der Waals surface area (Å²) in [6.45, 7) is 0. The fourth-order valence-electron chi connectivity index (χ4n) is 3.00. The number of hydrogen-bond acceptors (Lipinski definition) is 6. The van der Waals surface area contributed by atoms with Crippen molar-refractivity contribution in [2.24, 2.45) is 0 Å². The SMILES string of the molecule is O=C(CSc1nnc(Cc2cc(=O)[nH]c(=O)[nH]2)n1-c1ccc(Cl)cc1)Nc1ccc(Cl)cc1. The van der Waals surface area contributed by atoms with E-state index in [1.54, 1.807) is 53.1 Å². The van der Waals surface area contributed by atoms with E-state index in [-0.39, 0.29) is 18.1 Å². The summed E-state index contributed by atoms with van der Waals surface area (Å²) in [5.41, 5.74) is 0.599. The molecule has 0 saturated heterocycles. The maximum absolute atomic E-state index is 12.4. The first kappa shape index (κ1) is 22.8. The van der Waals surface area contributed by atoms with Crippen molar-refractivity contribution in [3.63, 3.8) is 0 Å². The van der Waals surface area contributed by atoms with E-state index in [1.165, 1.54) is 17.8 Å². The van der Waals surface area contributed by atoms with Crippen LogP contribution in [0.2, 0.25) is 10.0 Å². The second-order valence-electron chi connectivity index (χ2n) is 6.84. The van der Waals surface area contributed by atoms with Gasteiger partial charge in [-0.1, -0.05) is 35.0 Å². The third kappa shape index (κ3) is 5.92. The van der Waals surface area contributed by atoms with Crippen LogP contribution in [0.5, 0.6) is 0 Å². The number of anilines is 1. The van der Waals surface area contributed by atoms with Gasteiger partial charge < -0.3 is 10.3 Å². The summed E-state index contributed by atoms with van der Waals surface area (Å²) in [4.78, 5) is 40.4. The minimum absolute atomic E-state index is 0.0796. The van der Waals surface area contributed by atoms with Crippen LogP contribution in [-0.4, -0.2) is 36.4 Å². The Morgan fingerprint density at radius 1 is 0.970 bits per heavy atom. The molecule has 9 nitrogen and oxygen atoms in total. The number of halogens is 2. The van der Waals surface area contributed by atoms with Crippen LogP contribution in [0.4, 0.5) is 5.69 Å². The Morgan fingerprint density at radius 2 is 1.64 bits per heavy atom. The number of carbonyl (C=O) groups excluding carboxylic acids is 1. The highest BCUT2D eigenvalue weighted by Crippen LogP contribution is 2.24. The predicted octanol–water partition coefficient (Wildman–Crippen LogP) is 3.27. The number of hydrogen-bond donors (Lipinski definition) is 3. The molecule has 12 heteroatoms. The van der Waals surface area contributed by atoms with Crippen molar-refractivity contribution in [2.45, 2.75) is 11.6 Å². The summed E-state index contributed by atoms with van der Waals surface area (Å²) in [5, 5.41) is 12.8. The van der Waals surface area contributed by atoms with Crippen molar-refractivity contribution in [3.8, 4) is 5.69 Å². The summed E-state index contributed by atoms with van der Waals surface area (Å²) in [7, 11) is 0. The first-order valence-electron chi connectivity index (χ1n) is 9.58. The van der Waals surface area contributed by atoms with Gasteiger partial charge in [-0.2, -0.15) is 0 Å². The zero-order valence-electron chi connectivity index (χ0n) is 16.8. The largest absolute Gasteiger partial charge is 0.325 e. The molecular weight excluding hydrogens is 487 g/mol. The van der Waals surface area contributed by atoms with Crippen molar-refractivity contribution < 1.29 is 4.79 Å². The van der Waals surface area contributed by atoms with Gasteiger partial charge in [0, 0.05) is 39.6 Å². The lowest BCUT2D eigenvalue weighted by molar-refractivity contribution is -0.113. The minimum atomic E-state index is -0.608. The monoisotopic (exact) mass is 502 g/mol. The molecule has 1 amide bonds. The van der Waals surface area contributed by atoms with Crippen LogP contribution in [-0.2, 0) is 11.2 Å². The van der Waals surface area contributed by atoms with Gasteiger partial charge >= 0.3 is 5.69 Å². The Balaban J connectivity index is 1.58. The Hall–Kier alpha value is -3.34. The van der Waals surface area contributed by atoms with E-state index in [0.717, 1.165) is 0 Å². The number of nitrogens with zero attached hydrogens (tertiary/aromatic N) is 3. The highest BCUT2D eigenvalue weighted by Gasteiger charge is 2.17. The summed E-state index contributed by atoms with van der Waals surface area (Å²) in [5.74, 6) is 0.323. The topological polar surface area (TPSA) is 126 Å². The van der Waals surface area contributed by atoms with Crippen molar-refractivity contribution in [3.05, 3.63) is 97.0 Å². The molecule has 0 fully saturated rings. The smallest absolute Gasteiger partial charge is 0.325 e. The molecule has 0 bridgehead atoms. The molecule has 4 rings (SSSR count). The molecule has 2 heterocycles. The summed E-state index contributed by atoms with van der Waals surface area (Å²) >= 11 is 13.1. The molecule has 0 atom stereocenters. The first-order chi connectivity index (χ1) is 15.9. The van der Waals surface area contributed by atoms with Crippen molar-refractivity contribution in [1.29, 1.82) is 0 Å². The number of amides is 1. The van der Waals surface area contributed by atoms with Gasteiger partial charge in [-0.15, -0.1) is 10.2 Å². The number of thioether (sulfide) groups is 1. The average molecular weight is 503 g/mol. The van der Waals surface area contributed by atoms with Crippen LogP contribution >= 0.6 is 35.0 Å². The molecule has 33 heavy (non-hydrogen) atoms. The molecule has 0 radical (unpaired) electrons.